The predicted octanol–water partition coefficient (Wildman–Crippen LogP) is 3.72. The monoisotopic (exact) mass is 486 g/mol. The molecule has 0 spiro atoms. The average Bonchev–Trinajstić information content (AvgIpc) is 3.11. The van der Waals surface area contributed by atoms with Crippen molar-refractivity contribution in [1.29, 1.82) is 0 Å². The van der Waals surface area contributed by atoms with E-state index in [-0.39, 0.29) is 36.3 Å². The summed E-state index contributed by atoms with van der Waals surface area (Å²) in [5.41, 5.74) is 2.61. The fourth-order valence-corrected chi connectivity index (χ4v) is 4.70. The molecule has 1 atom stereocenters. The van der Waals surface area contributed by atoms with Gasteiger partial charge in [-0.15, -0.1) is 0 Å². The first-order valence-electron chi connectivity index (χ1n) is 10.7. The Balaban J connectivity index is 1.27. The summed E-state index contributed by atoms with van der Waals surface area (Å²) in [5.74, 6) is -0.360. The van der Waals surface area contributed by atoms with Crippen LogP contribution in [0.3, 0.4) is 0 Å². The highest BCUT2D eigenvalue weighted by atomic mass is 79.9. The molecule has 164 valence electrons. The van der Waals surface area contributed by atoms with Crippen LogP contribution in [0.5, 0.6) is 6.01 Å². The lowest BCUT2D eigenvalue weighted by Crippen LogP contribution is -2.43. The van der Waals surface area contributed by atoms with Gasteiger partial charge in [0.2, 0.25) is 11.8 Å². The number of hydrogen-bond acceptors (Lipinski definition) is 5. The van der Waals surface area contributed by atoms with Crippen molar-refractivity contribution in [2.75, 3.05) is 11.4 Å². The van der Waals surface area contributed by atoms with E-state index in [1.165, 1.54) is 0 Å². The van der Waals surface area contributed by atoms with Gasteiger partial charge in [0.05, 0.1) is 5.92 Å². The Kier molecular flexibility index (Phi) is 6.55. The average molecular weight is 487 g/mol. The number of aryl methyl sites for hydroxylation is 2. The number of nitrogens with zero attached hydrogens (tertiary/aromatic N) is 3. The van der Waals surface area contributed by atoms with Crippen LogP contribution < -0.4 is 15.0 Å². The van der Waals surface area contributed by atoms with Crippen LogP contribution in [0.4, 0.5) is 5.69 Å². The minimum atomic E-state index is -0.316. The van der Waals surface area contributed by atoms with E-state index >= 15 is 0 Å². The molecular formula is C23H27BrN4O3. The minimum absolute atomic E-state index is 0.0104. The van der Waals surface area contributed by atoms with E-state index in [0.29, 0.717) is 12.6 Å². The molecular weight excluding hydrogens is 460 g/mol. The summed E-state index contributed by atoms with van der Waals surface area (Å²) in [6.07, 6.45) is 3.69. The highest BCUT2D eigenvalue weighted by molar-refractivity contribution is 9.10. The van der Waals surface area contributed by atoms with Gasteiger partial charge in [-0.1, -0.05) is 22.0 Å². The van der Waals surface area contributed by atoms with E-state index in [1.807, 2.05) is 44.2 Å². The number of carbonyl (C=O) groups excluding carboxylic acids is 2. The Hall–Kier alpha value is -2.48. The summed E-state index contributed by atoms with van der Waals surface area (Å²) in [4.78, 5) is 35.7. The fourth-order valence-electron chi connectivity index (χ4n) is 4.32. The van der Waals surface area contributed by atoms with Gasteiger partial charge in [0.25, 0.3) is 0 Å². The second-order valence-corrected chi connectivity index (χ2v) is 9.33. The molecule has 2 aliphatic rings. The van der Waals surface area contributed by atoms with Gasteiger partial charge >= 0.3 is 6.01 Å². The van der Waals surface area contributed by atoms with Crippen LogP contribution in [0.15, 0.2) is 34.8 Å². The summed E-state index contributed by atoms with van der Waals surface area (Å²) in [5, 5.41) is 3.15. The molecule has 2 amide bonds. The predicted molar refractivity (Wildman–Crippen MR) is 121 cm³/mol. The Morgan fingerprint density at radius 3 is 2.52 bits per heavy atom. The SMILES string of the molecule is Cc1cc(C)nc(OC2CCC(NC(=O)C3CC(=O)N(c4cccc(Br)c4)C3)CC2)n1. The second kappa shape index (κ2) is 9.34. The maximum Gasteiger partial charge on any atom is 0.317 e. The number of amides is 2. The number of hydrogen-bond donors (Lipinski definition) is 1. The number of carbonyl (C=O) groups is 2. The van der Waals surface area contributed by atoms with E-state index in [4.69, 9.17) is 4.74 Å². The van der Waals surface area contributed by atoms with Crippen LogP contribution >= 0.6 is 15.9 Å². The largest absolute Gasteiger partial charge is 0.460 e. The molecule has 0 radical (unpaired) electrons. The van der Waals surface area contributed by atoms with Gasteiger partial charge in [0, 0.05) is 40.6 Å². The fraction of sp³-hybridized carbons (Fsp3) is 0.478. The highest BCUT2D eigenvalue weighted by Crippen LogP contribution is 2.28. The van der Waals surface area contributed by atoms with Crippen LogP contribution in [0.2, 0.25) is 0 Å². The summed E-state index contributed by atoms with van der Waals surface area (Å²) in [6.45, 7) is 4.28. The standard InChI is InChI=1S/C23H27BrN4O3/c1-14-10-15(2)26-23(25-14)31-20-8-6-18(7-9-20)27-22(30)16-11-21(29)28(13-16)19-5-3-4-17(24)12-19/h3-5,10,12,16,18,20H,6-9,11,13H2,1-2H3,(H,27,30). The first-order chi connectivity index (χ1) is 14.9. The zero-order valence-electron chi connectivity index (χ0n) is 17.8. The maximum atomic E-state index is 12.8. The van der Waals surface area contributed by atoms with Crippen molar-refractivity contribution in [1.82, 2.24) is 15.3 Å². The van der Waals surface area contributed by atoms with Gasteiger partial charge in [-0.2, -0.15) is 0 Å². The van der Waals surface area contributed by atoms with Crippen LogP contribution in [0, 0.1) is 19.8 Å². The first-order valence-corrected chi connectivity index (χ1v) is 11.5. The molecule has 1 unspecified atom stereocenters. The van der Waals surface area contributed by atoms with Crippen molar-refractivity contribution >= 4 is 33.4 Å². The molecule has 4 rings (SSSR count). The lowest BCUT2D eigenvalue weighted by Gasteiger charge is -2.29. The molecule has 1 aromatic carbocycles. The number of anilines is 1. The normalized spacial score (nSPS) is 23.6. The molecule has 1 aliphatic heterocycles. The van der Waals surface area contributed by atoms with Crippen LogP contribution in [0.25, 0.3) is 0 Å². The number of halogens is 1. The second-order valence-electron chi connectivity index (χ2n) is 8.42. The lowest BCUT2D eigenvalue weighted by molar-refractivity contribution is -0.127. The number of nitrogens with one attached hydrogen (secondary N) is 1. The summed E-state index contributed by atoms with van der Waals surface area (Å²) >= 11 is 3.44. The summed E-state index contributed by atoms with van der Waals surface area (Å²) in [6, 6.07) is 10.1. The third-order valence-electron chi connectivity index (χ3n) is 5.87. The van der Waals surface area contributed by atoms with Crippen molar-refractivity contribution in [2.45, 2.75) is 58.1 Å². The Labute approximate surface area is 190 Å². The van der Waals surface area contributed by atoms with Gasteiger partial charge < -0.3 is 15.0 Å². The zero-order chi connectivity index (χ0) is 22.0. The number of rotatable bonds is 5. The van der Waals surface area contributed by atoms with E-state index in [0.717, 1.165) is 47.2 Å². The molecule has 1 saturated heterocycles. The lowest BCUT2D eigenvalue weighted by atomic mass is 9.92. The molecule has 1 N–H and O–H groups in total. The molecule has 1 aromatic heterocycles. The quantitative estimate of drug-likeness (QED) is 0.695. The molecule has 7 nitrogen and oxygen atoms in total. The van der Waals surface area contributed by atoms with Crippen molar-refractivity contribution in [3.05, 3.63) is 46.2 Å². The van der Waals surface area contributed by atoms with Crippen molar-refractivity contribution in [3.63, 3.8) is 0 Å². The van der Waals surface area contributed by atoms with Crippen LogP contribution in [-0.2, 0) is 9.59 Å². The molecule has 1 saturated carbocycles. The van der Waals surface area contributed by atoms with Gasteiger partial charge in [-0.3, -0.25) is 9.59 Å². The van der Waals surface area contributed by atoms with Gasteiger partial charge in [-0.25, -0.2) is 9.97 Å². The van der Waals surface area contributed by atoms with Crippen molar-refractivity contribution < 1.29 is 14.3 Å². The Bertz CT molecular complexity index is 955. The van der Waals surface area contributed by atoms with E-state index in [9.17, 15) is 9.59 Å². The van der Waals surface area contributed by atoms with Crippen LogP contribution in [-0.4, -0.2) is 40.5 Å². The minimum Gasteiger partial charge on any atom is -0.460 e. The smallest absolute Gasteiger partial charge is 0.317 e. The molecule has 8 heteroatoms. The number of ether oxygens (including phenoxy) is 1. The van der Waals surface area contributed by atoms with Gasteiger partial charge in [0.1, 0.15) is 6.10 Å². The van der Waals surface area contributed by atoms with Crippen molar-refractivity contribution in [2.24, 2.45) is 5.92 Å². The third-order valence-corrected chi connectivity index (χ3v) is 6.36. The Morgan fingerprint density at radius 2 is 1.84 bits per heavy atom. The summed E-state index contributed by atoms with van der Waals surface area (Å²) in [7, 11) is 0. The van der Waals surface area contributed by atoms with Gasteiger partial charge in [-0.05, 0) is 63.8 Å². The van der Waals surface area contributed by atoms with Crippen LogP contribution in [0.1, 0.15) is 43.5 Å². The van der Waals surface area contributed by atoms with E-state index < -0.39 is 0 Å². The number of benzene rings is 1. The molecule has 2 aromatic rings. The molecule has 1 aliphatic carbocycles. The third kappa shape index (κ3) is 5.42. The van der Waals surface area contributed by atoms with E-state index in [2.05, 4.69) is 31.2 Å². The molecule has 2 fully saturated rings. The number of aromatic nitrogens is 2. The molecule has 0 bridgehead atoms. The Morgan fingerprint density at radius 1 is 1.13 bits per heavy atom. The maximum absolute atomic E-state index is 12.8. The highest BCUT2D eigenvalue weighted by Gasteiger charge is 2.36. The van der Waals surface area contributed by atoms with Crippen molar-refractivity contribution in [3.8, 4) is 6.01 Å². The molecule has 2 heterocycles. The molecule has 31 heavy (non-hydrogen) atoms. The zero-order valence-corrected chi connectivity index (χ0v) is 19.4. The first kappa shape index (κ1) is 21.7. The van der Waals surface area contributed by atoms with Gasteiger partial charge in [0.15, 0.2) is 0 Å². The van der Waals surface area contributed by atoms with E-state index in [1.54, 1.807) is 4.90 Å². The topological polar surface area (TPSA) is 84.4 Å². The summed E-state index contributed by atoms with van der Waals surface area (Å²) < 4.78 is 6.88.